The van der Waals surface area contributed by atoms with E-state index in [1.165, 1.54) is 11.8 Å². The molecule has 3 aliphatic heterocycles. The molecule has 2 fully saturated rings. The summed E-state index contributed by atoms with van der Waals surface area (Å²) in [5.74, 6) is 0.811. The minimum Gasteiger partial charge on any atom is -0.489 e. The van der Waals surface area contributed by atoms with E-state index in [2.05, 4.69) is 4.90 Å². The summed E-state index contributed by atoms with van der Waals surface area (Å²) in [6.45, 7) is 3.82. The van der Waals surface area contributed by atoms with Crippen LogP contribution in [-0.2, 0) is 25.8 Å². The SMILES string of the molecule is O=C1CS[C@@]2(C(=O)N(CN3CCOCC3)c3ccccc32)N1c1ccc(OCc2ccccc2)cc1. The Morgan fingerprint density at radius 3 is 2.39 bits per heavy atom. The van der Waals surface area contributed by atoms with Crippen LogP contribution >= 0.6 is 11.8 Å². The molecule has 6 rings (SSSR count). The van der Waals surface area contributed by atoms with E-state index in [9.17, 15) is 9.59 Å². The van der Waals surface area contributed by atoms with Crippen molar-refractivity contribution in [2.75, 3.05) is 48.5 Å². The van der Waals surface area contributed by atoms with Crippen LogP contribution in [0.1, 0.15) is 11.1 Å². The Kier molecular flexibility index (Phi) is 6.17. The number of hydrogen-bond acceptors (Lipinski definition) is 6. The van der Waals surface area contributed by atoms with Crippen molar-refractivity contribution < 1.29 is 19.1 Å². The monoisotopic (exact) mass is 501 g/mol. The first kappa shape index (κ1) is 23.1. The predicted octanol–water partition coefficient (Wildman–Crippen LogP) is 3.83. The van der Waals surface area contributed by atoms with Gasteiger partial charge in [0.25, 0.3) is 5.91 Å². The number of ether oxygens (including phenoxy) is 2. The van der Waals surface area contributed by atoms with Gasteiger partial charge in [0, 0.05) is 24.3 Å². The molecule has 0 radical (unpaired) electrons. The highest BCUT2D eigenvalue weighted by Gasteiger charge is 2.61. The van der Waals surface area contributed by atoms with Gasteiger partial charge in [-0.3, -0.25) is 24.3 Å². The van der Waals surface area contributed by atoms with Gasteiger partial charge in [0.2, 0.25) is 10.8 Å². The van der Waals surface area contributed by atoms with Gasteiger partial charge in [-0.15, -0.1) is 11.8 Å². The van der Waals surface area contributed by atoms with Gasteiger partial charge in [-0.05, 0) is 35.9 Å². The van der Waals surface area contributed by atoms with E-state index in [1.54, 1.807) is 4.90 Å². The number of carbonyl (C=O) groups excluding carboxylic acids is 2. The molecule has 0 bridgehead atoms. The van der Waals surface area contributed by atoms with Crippen LogP contribution in [0.15, 0.2) is 78.9 Å². The van der Waals surface area contributed by atoms with Crippen LogP contribution in [0.25, 0.3) is 0 Å². The molecule has 3 aromatic carbocycles. The third-order valence-corrected chi connectivity index (χ3v) is 8.24. The van der Waals surface area contributed by atoms with Crippen molar-refractivity contribution in [2.45, 2.75) is 11.5 Å². The topological polar surface area (TPSA) is 62.3 Å². The van der Waals surface area contributed by atoms with Gasteiger partial charge >= 0.3 is 0 Å². The largest absolute Gasteiger partial charge is 0.489 e. The van der Waals surface area contributed by atoms with Crippen molar-refractivity contribution in [3.63, 3.8) is 0 Å². The van der Waals surface area contributed by atoms with Gasteiger partial charge in [0.1, 0.15) is 12.4 Å². The Morgan fingerprint density at radius 2 is 1.61 bits per heavy atom. The minimum atomic E-state index is -1.10. The lowest BCUT2D eigenvalue weighted by Crippen LogP contribution is -2.52. The number of benzene rings is 3. The molecule has 3 aliphatic rings. The Morgan fingerprint density at radius 1 is 0.889 bits per heavy atom. The van der Waals surface area contributed by atoms with E-state index >= 15 is 0 Å². The summed E-state index contributed by atoms with van der Waals surface area (Å²) in [7, 11) is 0. The quantitative estimate of drug-likeness (QED) is 0.512. The first-order valence-corrected chi connectivity index (χ1v) is 13.1. The summed E-state index contributed by atoms with van der Waals surface area (Å²) in [4.78, 5) is 32.0. The molecular weight excluding hydrogens is 474 g/mol. The number of amides is 2. The maximum Gasteiger partial charge on any atom is 0.269 e. The van der Waals surface area contributed by atoms with Crippen molar-refractivity contribution in [2.24, 2.45) is 0 Å². The summed E-state index contributed by atoms with van der Waals surface area (Å²) in [6.07, 6.45) is 0. The number of thioether (sulfide) groups is 1. The highest BCUT2D eigenvalue weighted by Crippen LogP contribution is 2.55. The average molecular weight is 502 g/mol. The molecule has 2 amide bonds. The zero-order valence-electron chi connectivity index (χ0n) is 19.8. The van der Waals surface area contributed by atoms with E-state index in [4.69, 9.17) is 9.47 Å². The summed E-state index contributed by atoms with van der Waals surface area (Å²) >= 11 is 1.40. The molecule has 0 aliphatic carbocycles. The highest BCUT2D eigenvalue weighted by atomic mass is 32.2. The van der Waals surface area contributed by atoms with E-state index < -0.39 is 4.87 Å². The van der Waals surface area contributed by atoms with Crippen LogP contribution in [0.5, 0.6) is 5.75 Å². The number of fused-ring (bicyclic) bond motifs is 2. The van der Waals surface area contributed by atoms with Gasteiger partial charge in [-0.2, -0.15) is 0 Å². The van der Waals surface area contributed by atoms with Crippen LogP contribution in [0.4, 0.5) is 11.4 Å². The predicted molar refractivity (Wildman–Crippen MR) is 140 cm³/mol. The lowest BCUT2D eigenvalue weighted by atomic mass is 10.0. The van der Waals surface area contributed by atoms with Crippen molar-refractivity contribution >= 4 is 35.0 Å². The highest BCUT2D eigenvalue weighted by molar-refractivity contribution is 8.02. The van der Waals surface area contributed by atoms with Crippen LogP contribution in [-0.4, -0.2) is 55.4 Å². The maximum absolute atomic E-state index is 14.1. The maximum atomic E-state index is 14.1. The molecule has 0 N–H and O–H groups in total. The number of para-hydroxylation sites is 1. The first-order chi connectivity index (χ1) is 17.7. The summed E-state index contributed by atoms with van der Waals surface area (Å²) in [5, 5.41) is 0. The Balaban J connectivity index is 1.29. The van der Waals surface area contributed by atoms with Crippen LogP contribution in [0, 0.1) is 0 Å². The standard InChI is InChI=1S/C28H27N3O4S/c32-26-19-36-28(31(26)22-10-12-23(13-11-22)35-18-21-6-2-1-3-7-21)24-8-4-5-9-25(24)30(27(28)33)20-29-14-16-34-17-15-29/h1-13H,14-20H2/t28-/m0/s1. The molecule has 3 aromatic rings. The molecule has 36 heavy (non-hydrogen) atoms. The lowest BCUT2D eigenvalue weighted by molar-refractivity contribution is -0.124. The molecule has 0 aromatic heterocycles. The Labute approximate surface area is 214 Å². The van der Waals surface area contributed by atoms with Crippen LogP contribution < -0.4 is 14.5 Å². The number of hydrogen-bond donors (Lipinski definition) is 0. The average Bonchev–Trinajstić information content (AvgIpc) is 3.39. The zero-order valence-corrected chi connectivity index (χ0v) is 20.7. The molecule has 3 heterocycles. The van der Waals surface area contributed by atoms with Gasteiger partial charge in [-0.25, -0.2) is 0 Å². The summed E-state index contributed by atoms with van der Waals surface area (Å²) < 4.78 is 11.4. The molecular formula is C28H27N3O4S. The third kappa shape index (κ3) is 3.95. The third-order valence-electron chi connectivity index (χ3n) is 6.85. The summed E-state index contributed by atoms with van der Waals surface area (Å²) in [6, 6.07) is 25.3. The number of carbonyl (C=O) groups is 2. The van der Waals surface area contributed by atoms with Gasteiger partial charge in [0.15, 0.2) is 0 Å². The second kappa shape index (κ2) is 9.61. The Hall–Kier alpha value is -3.33. The number of nitrogens with zero attached hydrogens (tertiary/aromatic N) is 3. The van der Waals surface area contributed by atoms with E-state index in [0.29, 0.717) is 37.9 Å². The molecule has 1 atom stereocenters. The summed E-state index contributed by atoms with van der Waals surface area (Å²) in [5.41, 5.74) is 3.50. The van der Waals surface area contributed by atoms with Gasteiger partial charge in [-0.1, -0.05) is 48.5 Å². The minimum absolute atomic E-state index is 0.0737. The second-order valence-electron chi connectivity index (χ2n) is 9.05. The normalized spacial score (nSPS) is 21.9. The van der Waals surface area contributed by atoms with E-state index in [1.807, 2.05) is 83.8 Å². The van der Waals surface area contributed by atoms with E-state index in [0.717, 1.165) is 29.9 Å². The number of morpholine rings is 1. The van der Waals surface area contributed by atoms with Gasteiger partial charge in [0.05, 0.1) is 31.3 Å². The smallest absolute Gasteiger partial charge is 0.269 e. The number of rotatable bonds is 6. The Bertz CT molecular complexity index is 1260. The first-order valence-electron chi connectivity index (χ1n) is 12.1. The lowest BCUT2D eigenvalue weighted by Gasteiger charge is -2.35. The van der Waals surface area contributed by atoms with E-state index in [-0.39, 0.29) is 17.6 Å². The van der Waals surface area contributed by atoms with Crippen LogP contribution in [0.2, 0.25) is 0 Å². The molecule has 8 heteroatoms. The van der Waals surface area contributed by atoms with Crippen molar-refractivity contribution in [3.05, 3.63) is 90.0 Å². The van der Waals surface area contributed by atoms with Crippen molar-refractivity contribution in [3.8, 4) is 5.75 Å². The number of anilines is 2. The molecule has 1 spiro atoms. The molecule has 184 valence electrons. The molecule has 7 nitrogen and oxygen atoms in total. The fourth-order valence-corrected chi connectivity index (χ4v) is 6.43. The fraction of sp³-hybridized carbons (Fsp3) is 0.286. The molecule has 2 saturated heterocycles. The van der Waals surface area contributed by atoms with Gasteiger partial charge < -0.3 is 9.47 Å². The van der Waals surface area contributed by atoms with Crippen molar-refractivity contribution in [1.29, 1.82) is 0 Å². The molecule has 0 saturated carbocycles. The second-order valence-corrected chi connectivity index (χ2v) is 10.2. The van der Waals surface area contributed by atoms with Crippen LogP contribution in [0.3, 0.4) is 0 Å². The molecule has 0 unspecified atom stereocenters. The zero-order chi connectivity index (χ0) is 24.5. The fourth-order valence-electron chi connectivity index (χ4n) is 5.07. The van der Waals surface area contributed by atoms with Crippen molar-refractivity contribution in [1.82, 2.24) is 4.90 Å².